The Morgan fingerprint density at radius 1 is 1.17 bits per heavy atom. The van der Waals surface area contributed by atoms with E-state index >= 15 is 0 Å². The second kappa shape index (κ2) is 5.77. The predicted molar refractivity (Wildman–Crippen MR) is 69.8 cm³/mol. The first-order chi connectivity index (χ1) is 8.63. The summed E-state index contributed by atoms with van der Waals surface area (Å²) in [5.41, 5.74) is 0. The molecule has 2 aromatic rings. The molecule has 0 aliphatic carbocycles. The summed E-state index contributed by atoms with van der Waals surface area (Å²) in [5, 5.41) is 0. The van der Waals surface area contributed by atoms with E-state index in [9.17, 15) is 0 Å². The summed E-state index contributed by atoms with van der Waals surface area (Å²) in [5.74, 6) is 1.06. The van der Waals surface area contributed by atoms with Gasteiger partial charge in [-0.2, -0.15) is 4.98 Å². The summed E-state index contributed by atoms with van der Waals surface area (Å²) in [6, 6.07) is 5.48. The van der Waals surface area contributed by atoms with E-state index < -0.39 is 0 Å². The highest BCUT2D eigenvalue weighted by atomic mass is 79.9. The monoisotopic (exact) mass is 309 g/mol. The standard InChI is InChI=1S/C12H12BrN3O2/c1-8(2)17-11-5-6-14-12(16-11)18-9-3-4-10(13)15-7-9/h3-8H,1-2H3. The minimum absolute atomic E-state index is 0.0575. The van der Waals surface area contributed by atoms with Crippen molar-refractivity contribution >= 4 is 15.9 Å². The van der Waals surface area contributed by atoms with Crippen LogP contribution in [0.25, 0.3) is 0 Å². The van der Waals surface area contributed by atoms with Crippen molar-refractivity contribution in [2.24, 2.45) is 0 Å². The number of aromatic nitrogens is 3. The largest absolute Gasteiger partial charge is 0.475 e. The molecule has 2 rings (SSSR count). The second-order valence-corrected chi connectivity index (χ2v) is 4.58. The van der Waals surface area contributed by atoms with Gasteiger partial charge in [-0.3, -0.25) is 0 Å². The Morgan fingerprint density at radius 3 is 2.67 bits per heavy atom. The van der Waals surface area contributed by atoms with E-state index in [2.05, 4.69) is 30.9 Å². The first-order valence-corrected chi connectivity index (χ1v) is 6.22. The molecule has 0 fully saturated rings. The van der Waals surface area contributed by atoms with E-state index in [1.54, 1.807) is 30.6 Å². The normalized spacial score (nSPS) is 10.4. The minimum Gasteiger partial charge on any atom is -0.475 e. The molecule has 2 heterocycles. The van der Waals surface area contributed by atoms with Crippen LogP contribution >= 0.6 is 15.9 Å². The number of halogens is 1. The fraction of sp³-hybridized carbons (Fsp3) is 0.250. The topological polar surface area (TPSA) is 57.1 Å². The Balaban J connectivity index is 2.11. The van der Waals surface area contributed by atoms with Gasteiger partial charge in [0, 0.05) is 12.3 Å². The summed E-state index contributed by atoms with van der Waals surface area (Å²) in [6.45, 7) is 3.86. The van der Waals surface area contributed by atoms with Crippen LogP contribution in [-0.2, 0) is 0 Å². The van der Waals surface area contributed by atoms with Crippen LogP contribution in [0.1, 0.15) is 13.8 Å². The van der Waals surface area contributed by atoms with Crippen LogP contribution in [-0.4, -0.2) is 21.1 Å². The van der Waals surface area contributed by atoms with Gasteiger partial charge in [-0.1, -0.05) is 0 Å². The summed E-state index contributed by atoms with van der Waals surface area (Å²) in [7, 11) is 0. The van der Waals surface area contributed by atoms with Gasteiger partial charge in [0.1, 0.15) is 10.4 Å². The quantitative estimate of drug-likeness (QED) is 0.812. The molecule has 18 heavy (non-hydrogen) atoms. The van der Waals surface area contributed by atoms with Gasteiger partial charge in [-0.15, -0.1) is 0 Å². The molecule has 0 amide bonds. The van der Waals surface area contributed by atoms with Crippen molar-refractivity contribution in [3.8, 4) is 17.6 Å². The van der Waals surface area contributed by atoms with Crippen molar-refractivity contribution < 1.29 is 9.47 Å². The third kappa shape index (κ3) is 3.66. The summed E-state index contributed by atoms with van der Waals surface area (Å²) in [6.07, 6.45) is 3.23. The molecular formula is C12H12BrN3O2. The van der Waals surface area contributed by atoms with E-state index in [4.69, 9.17) is 9.47 Å². The van der Waals surface area contributed by atoms with Crippen LogP contribution in [0.5, 0.6) is 17.6 Å². The molecule has 0 unspecified atom stereocenters. The maximum absolute atomic E-state index is 5.47. The lowest BCUT2D eigenvalue weighted by molar-refractivity contribution is 0.229. The molecule has 5 nitrogen and oxygen atoms in total. The minimum atomic E-state index is 0.0575. The van der Waals surface area contributed by atoms with Crippen molar-refractivity contribution in [3.05, 3.63) is 35.2 Å². The highest BCUT2D eigenvalue weighted by Gasteiger charge is 2.04. The van der Waals surface area contributed by atoms with Gasteiger partial charge in [-0.25, -0.2) is 9.97 Å². The number of hydrogen-bond acceptors (Lipinski definition) is 5. The van der Waals surface area contributed by atoms with Crippen LogP contribution in [0.15, 0.2) is 35.2 Å². The van der Waals surface area contributed by atoms with Crippen molar-refractivity contribution in [2.45, 2.75) is 20.0 Å². The number of hydrogen-bond donors (Lipinski definition) is 0. The molecule has 0 aromatic carbocycles. The number of pyridine rings is 1. The molecule has 0 radical (unpaired) electrons. The molecule has 0 spiro atoms. The third-order valence-electron chi connectivity index (χ3n) is 1.87. The zero-order chi connectivity index (χ0) is 13.0. The molecule has 0 saturated heterocycles. The highest BCUT2D eigenvalue weighted by molar-refractivity contribution is 9.10. The van der Waals surface area contributed by atoms with Crippen molar-refractivity contribution in [1.29, 1.82) is 0 Å². The smallest absolute Gasteiger partial charge is 0.325 e. The lowest BCUT2D eigenvalue weighted by Crippen LogP contribution is -2.07. The van der Waals surface area contributed by atoms with Gasteiger partial charge in [0.2, 0.25) is 5.88 Å². The van der Waals surface area contributed by atoms with E-state index in [0.717, 1.165) is 4.60 Å². The molecule has 0 aliphatic heterocycles. The fourth-order valence-corrected chi connectivity index (χ4v) is 1.44. The van der Waals surface area contributed by atoms with Gasteiger partial charge in [0.25, 0.3) is 0 Å². The Bertz CT molecular complexity index is 517. The van der Waals surface area contributed by atoms with Crippen LogP contribution < -0.4 is 9.47 Å². The fourth-order valence-electron chi connectivity index (χ4n) is 1.21. The molecule has 0 N–H and O–H groups in total. The Hall–Kier alpha value is -1.69. The summed E-state index contributed by atoms with van der Waals surface area (Å²) in [4.78, 5) is 12.2. The molecule has 0 bridgehead atoms. The Kier molecular flexibility index (Phi) is 4.09. The molecule has 94 valence electrons. The molecule has 0 aliphatic rings. The van der Waals surface area contributed by atoms with Gasteiger partial charge in [0.15, 0.2) is 0 Å². The average Bonchev–Trinajstić information content (AvgIpc) is 2.32. The maximum Gasteiger partial charge on any atom is 0.325 e. The lowest BCUT2D eigenvalue weighted by atomic mass is 10.5. The predicted octanol–water partition coefficient (Wildman–Crippen LogP) is 3.21. The van der Waals surface area contributed by atoms with Gasteiger partial charge < -0.3 is 9.47 Å². The van der Waals surface area contributed by atoms with Crippen LogP contribution in [0.3, 0.4) is 0 Å². The third-order valence-corrected chi connectivity index (χ3v) is 2.34. The SMILES string of the molecule is CC(C)Oc1ccnc(Oc2ccc(Br)nc2)n1. The van der Waals surface area contributed by atoms with Crippen LogP contribution in [0.4, 0.5) is 0 Å². The lowest BCUT2D eigenvalue weighted by Gasteiger charge is -2.09. The summed E-state index contributed by atoms with van der Waals surface area (Å²) < 4.78 is 11.7. The Labute approximate surface area is 113 Å². The van der Waals surface area contributed by atoms with Crippen LogP contribution in [0.2, 0.25) is 0 Å². The first-order valence-electron chi connectivity index (χ1n) is 5.42. The van der Waals surface area contributed by atoms with Crippen molar-refractivity contribution in [1.82, 2.24) is 15.0 Å². The number of rotatable bonds is 4. The maximum atomic E-state index is 5.47. The molecular weight excluding hydrogens is 298 g/mol. The van der Waals surface area contributed by atoms with Gasteiger partial charge in [-0.05, 0) is 41.9 Å². The van der Waals surface area contributed by atoms with E-state index in [1.807, 2.05) is 13.8 Å². The van der Waals surface area contributed by atoms with E-state index in [1.165, 1.54) is 0 Å². The highest BCUT2D eigenvalue weighted by Crippen LogP contribution is 2.20. The van der Waals surface area contributed by atoms with E-state index in [-0.39, 0.29) is 12.1 Å². The zero-order valence-electron chi connectivity index (χ0n) is 10.0. The Morgan fingerprint density at radius 2 is 2.00 bits per heavy atom. The number of nitrogens with zero attached hydrogens (tertiary/aromatic N) is 3. The summed E-state index contributed by atoms with van der Waals surface area (Å²) >= 11 is 3.25. The van der Waals surface area contributed by atoms with E-state index in [0.29, 0.717) is 11.6 Å². The average molecular weight is 310 g/mol. The van der Waals surface area contributed by atoms with Crippen molar-refractivity contribution in [3.63, 3.8) is 0 Å². The van der Waals surface area contributed by atoms with Crippen LogP contribution in [0, 0.1) is 0 Å². The second-order valence-electron chi connectivity index (χ2n) is 3.76. The van der Waals surface area contributed by atoms with Gasteiger partial charge >= 0.3 is 6.01 Å². The molecule has 0 saturated carbocycles. The molecule has 2 aromatic heterocycles. The zero-order valence-corrected chi connectivity index (χ0v) is 11.6. The van der Waals surface area contributed by atoms with Crippen molar-refractivity contribution in [2.75, 3.05) is 0 Å². The molecule has 0 atom stereocenters. The van der Waals surface area contributed by atoms with Gasteiger partial charge in [0.05, 0.1) is 12.3 Å². The first kappa shape index (κ1) is 12.8. The number of ether oxygens (including phenoxy) is 2. The molecule has 6 heteroatoms.